The van der Waals surface area contributed by atoms with Crippen molar-refractivity contribution in [3.8, 4) is 0 Å². The third-order valence-corrected chi connectivity index (χ3v) is 6.63. The molecule has 1 aromatic rings. The molecule has 0 amide bonds. The lowest BCUT2D eigenvalue weighted by Gasteiger charge is -2.48. The van der Waals surface area contributed by atoms with Gasteiger partial charge in [0.15, 0.2) is 0 Å². The van der Waals surface area contributed by atoms with Crippen molar-refractivity contribution in [2.24, 2.45) is 5.92 Å². The van der Waals surface area contributed by atoms with Crippen molar-refractivity contribution < 1.29 is 14.9 Å². The lowest BCUT2D eigenvalue weighted by molar-refractivity contribution is -0.183. The number of nitrogens with zero attached hydrogens (tertiary/aromatic N) is 4. The molecule has 4 rings (SSSR count). The number of rotatable bonds is 3. The highest BCUT2D eigenvalue weighted by atomic mass is 16.5. The van der Waals surface area contributed by atoms with Crippen LogP contribution in [0.25, 0.3) is 0 Å². The minimum Gasteiger partial charge on any atom is -0.393 e. The van der Waals surface area contributed by atoms with E-state index in [4.69, 9.17) is 9.72 Å². The van der Waals surface area contributed by atoms with Crippen molar-refractivity contribution >= 4 is 11.8 Å². The Morgan fingerprint density at radius 1 is 1.07 bits per heavy atom. The number of piperidine rings is 2. The normalized spacial score (nSPS) is 28.9. The van der Waals surface area contributed by atoms with Gasteiger partial charge in [-0.1, -0.05) is 13.8 Å². The second-order valence-electron chi connectivity index (χ2n) is 9.10. The van der Waals surface area contributed by atoms with Crippen LogP contribution >= 0.6 is 0 Å². The fourth-order valence-electron chi connectivity index (χ4n) is 4.81. The van der Waals surface area contributed by atoms with Crippen LogP contribution < -0.4 is 9.80 Å². The number of hydrogen-bond donors (Lipinski definition) is 2. The molecular formula is C21H34N4O3. The predicted octanol–water partition coefficient (Wildman–Crippen LogP) is 1.97. The first-order chi connectivity index (χ1) is 13.4. The fourth-order valence-corrected chi connectivity index (χ4v) is 4.81. The van der Waals surface area contributed by atoms with E-state index in [1.807, 2.05) is 12.3 Å². The smallest absolute Gasteiger partial charge is 0.227 e. The Kier molecular flexibility index (Phi) is 5.76. The molecule has 3 saturated heterocycles. The van der Waals surface area contributed by atoms with Gasteiger partial charge in [0, 0.05) is 38.8 Å². The van der Waals surface area contributed by atoms with Crippen LogP contribution in [-0.2, 0) is 4.74 Å². The highest BCUT2D eigenvalue weighted by Crippen LogP contribution is 2.40. The first-order valence-electron chi connectivity index (χ1n) is 10.8. The summed E-state index contributed by atoms with van der Waals surface area (Å²) in [6.07, 6.45) is 6.41. The van der Waals surface area contributed by atoms with Gasteiger partial charge in [0.2, 0.25) is 5.95 Å². The zero-order chi connectivity index (χ0) is 19.7. The van der Waals surface area contributed by atoms with Crippen LogP contribution in [0.4, 0.5) is 11.8 Å². The maximum absolute atomic E-state index is 10.4. The number of aliphatic hydroxyl groups is 2. The largest absolute Gasteiger partial charge is 0.393 e. The SMILES string of the molecule is CC(C)[C@H]1C[C@@H](O)CC2(CCN(c3nccc(N4CCC(O)CC4)n3)CC2)O1. The van der Waals surface area contributed by atoms with Crippen molar-refractivity contribution in [2.45, 2.75) is 76.3 Å². The van der Waals surface area contributed by atoms with Crippen molar-refractivity contribution in [2.75, 3.05) is 36.0 Å². The molecule has 3 aliphatic heterocycles. The van der Waals surface area contributed by atoms with Gasteiger partial charge in [-0.25, -0.2) is 4.98 Å². The van der Waals surface area contributed by atoms with Gasteiger partial charge in [0.1, 0.15) is 5.82 Å². The molecule has 3 aliphatic rings. The predicted molar refractivity (Wildman–Crippen MR) is 109 cm³/mol. The molecule has 0 unspecified atom stereocenters. The van der Waals surface area contributed by atoms with E-state index in [-0.39, 0.29) is 23.9 Å². The maximum atomic E-state index is 10.4. The van der Waals surface area contributed by atoms with Crippen molar-refractivity contribution in [1.29, 1.82) is 0 Å². The van der Waals surface area contributed by atoms with E-state index in [0.29, 0.717) is 5.92 Å². The van der Waals surface area contributed by atoms with Crippen molar-refractivity contribution in [3.63, 3.8) is 0 Å². The molecule has 0 saturated carbocycles. The summed E-state index contributed by atoms with van der Waals surface area (Å²) in [5, 5.41) is 20.1. The van der Waals surface area contributed by atoms with Crippen LogP contribution in [-0.4, -0.2) is 70.3 Å². The average Bonchev–Trinajstić information content (AvgIpc) is 2.68. The summed E-state index contributed by atoms with van der Waals surface area (Å²) < 4.78 is 6.50. The lowest BCUT2D eigenvalue weighted by Crippen LogP contribution is -2.54. The van der Waals surface area contributed by atoms with Gasteiger partial charge in [-0.15, -0.1) is 0 Å². The van der Waals surface area contributed by atoms with E-state index < -0.39 is 0 Å². The van der Waals surface area contributed by atoms with Gasteiger partial charge in [0.25, 0.3) is 0 Å². The summed E-state index contributed by atoms with van der Waals surface area (Å²) in [7, 11) is 0. The van der Waals surface area contributed by atoms with Crippen LogP contribution in [0.2, 0.25) is 0 Å². The van der Waals surface area contributed by atoms with E-state index >= 15 is 0 Å². The number of aliphatic hydroxyl groups excluding tert-OH is 2. The van der Waals surface area contributed by atoms with E-state index in [1.165, 1.54) is 0 Å². The number of hydrogen-bond acceptors (Lipinski definition) is 7. The van der Waals surface area contributed by atoms with Gasteiger partial charge >= 0.3 is 0 Å². The summed E-state index contributed by atoms with van der Waals surface area (Å²) in [4.78, 5) is 13.8. The Morgan fingerprint density at radius 3 is 2.46 bits per heavy atom. The molecule has 0 bridgehead atoms. The Labute approximate surface area is 167 Å². The van der Waals surface area contributed by atoms with Gasteiger partial charge in [-0.05, 0) is 44.1 Å². The summed E-state index contributed by atoms with van der Waals surface area (Å²) in [5.41, 5.74) is -0.205. The molecule has 4 heterocycles. The maximum Gasteiger partial charge on any atom is 0.227 e. The molecule has 1 spiro atoms. The lowest BCUT2D eigenvalue weighted by atomic mass is 9.80. The molecule has 0 aromatic carbocycles. The Balaban J connectivity index is 1.40. The Hall–Kier alpha value is -1.44. The summed E-state index contributed by atoms with van der Waals surface area (Å²) >= 11 is 0. The topological polar surface area (TPSA) is 82.0 Å². The third-order valence-electron chi connectivity index (χ3n) is 6.63. The third kappa shape index (κ3) is 4.26. The van der Waals surface area contributed by atoms with Crippen molar-refractivity contribution in [3.05, 3.63) is 12.3 Å². The summed E-state index contributed by atoms with van der Waals surface area (Å²) in [5.74, 6) is 2.14. The van der Waals surface area contributed by atoms with Gasteiger partial charge in [0.05, 0.1) is 23.9 Å². The second kappa shape index (κ2) is 8.13. The van der Waals surface area contributed by atoms with Crippen LogP contribution in [0.5, 0.6) is 0 Å². The Bertz CT molecular complexity index is 655. The minimum atomic E-state index is -0.262. The highest BCUT2D eigenvalue weighted by molar-refractivity contribution is 5.44. The molecular weight excluding hydrogens is 356 g/mol. The molecule has 2 N–H and O–H groups in total. The first-order valence-corrected chi connectivity index (χ1v) is 10.8. The monoisotopic (exact) mass is 390 g/mol. The summed E-state index contributed by atoms with van der Waals surface area (Å²) in [6, 6.07) is 1.96. The van der Waals surface area contributed by atoms with Crippen LogP contribution in [0.3, 0.4) is 0 Å². The van der Waals surface area contributed by atoms with Crippen LogP contribution in [0.15, 0.2) is 12.3 Å². The van der Waals surface area contributed by atoms with E-state index in [0.717, 1.165) is 76.5 Å². The zero-order valence-corrected chi connectivity index (χ0v) is 17.1. The number of ether oxygens (including phenoxy) is 1. The standard InChI is InChI=1S/C21H34N4O3/c1-15(2)18-13-17(27)14-21(28-18)6-11-25(12-7-21)20-22-8-3-19(23-20)24-9-4-16(26)5-10-24/h3,8,15-18,26-27H,4-7,9-14H2,1-2H3/t17-,18-/m1/s1. The molecule has 156 valence electrons. The molecule has 2 atom stereocenters. The zero-order valence-electron chi connectivity index (χ0n) is 17.1. The molecule has 28 heavy (non-hydrogen) atoms. The molecule has 3 fully saturated rings. The molecule has 1 aromatic heterocycles. The fraction of sp³-hybridized carbons (Fsp3) is 0.810. The van der Waals surface area contributed by atoms with E-state index in [1.54, 1.807) is 0 Å². The van der Waals surface area contributed by atoms with Crippen molar-refractivity contribution in [1.82, 2.24) is 9.97 Å². The molecule has 7 nitrogen and oxygen atoms in total. The number of aromatic nitrogens is 2. The molecule has 0 radical (unpaired) electrons. The van der Waals surface area contributed by atoms with Gasteiger partial charge in [-0.3, -0.25) is 0 Å². The van der Waals surface area contributed by atoms with Gasteiger partial charge in [-0.2, -0.15) is 4.98 Å². The van der Waals surface area contributed by atoms with E-state index in [2.05, 4.69) is 28.6 Å². The minimum absolute atomic E-state index is 0.143. The molecule has 7 heteroatoms. The average molecular weight is 391 g/mol. The quantitative estimate of drug-likeness (QED) is 0.816. The van der Waals surface area contributed by atoms with Gasteiger partial charge < -0.3 is 24.7 Å². The first kappa shape index (κ1) is 19.9. The van der Waals surface area contributed by atoms with E-state index in [9.17, 15) is 10.2 Å². The Morgan fingerprint density at radius 2 is 1.79 bits per heavy atom. The molecule has 0 aliphatic carbocycles. The highest BCUT2D eigenvalue weighted by Gasteiger charge is 2.44. The van der Waals surface area contributed by atoms with Crippen LogP contribution in [0.1, 0.15) is 52.4 Å². The summed E-state index contributed by atoms with van der Waals surface area (Å²) in [6.45, 7) is 7.71. The second-order valence-corrected chi connectivity index (χ2v) is 9.10. The number of anilines is 2. The van der Waals surface area contributed by atoms with Crippen LogP contribution in [0, 0.1) is 5.92 Å².